The lowest BCUT2D eigenvalue weighted by Gasteiger charge is -2.27. The van der Waals surface area contributed by atoms with Crippen LogP contribution in [0.3, 0.4) is 0 Å². The molecule has 0 aliphatic heterocycles. The van der Waals surface area contributed by atoms with E-state index < -0.39 is 8.80 Å². The highest BCUT2D eigenvalue weighted by Gasteiger charge is 2.29. The van der Waals surface area contributed by atoms with Crippen molar-refractivity contribution < 1.29 is 4.74 Å². The molecule has 0 saturated carbocycles. The standard InChI is InChI=1S/C28H35OSi/c1-8-9-14-29-25-12-10-11-13-26(25)30(27-21(4)15-19(2)16-22(27)5)28-23(6)17-20(3)18-24(28)7/h10-13,15-18H,8-9,14H2,1-7H3. The molecule has 0 bridgehead atoms. The van der Waals surface area contributed by atoms with Crippen LogP contribution in [0.25, 0.3) is 0 Å². The van der Waals surface area contributed by atoms with Gasteiger partial charge in [0.1, 0.15) is 5.75 Å². The van der Waals surface area contributed by atoms with Crippen molar-refractivity contribution in [2.45, 2.75) is 61.3 Å². The van der Waals surface area contributed by atoms with Crippen LogP contribution in [-0.4, -0.2) is 15.4 Å². The van der Waals surface area contributed by atoms with E-state index in [0.29, 0.717) is 0 Å². The largest absolute Gasteiger partial charge is 0.494 e. The summed E-state index contributed by atoms with van der Waals surface area (Å²) < 4.78 is 6.33. The maximum Gasteiger partial charge on any atom is 0.160 e. The summed E-state index contributed by atoms with van der Waals surface area (Å²) in [4.78, 5) is 0. The summed E-state index contributed by atoms with van der Waals surface area (Å²) in [6, 6.07) is 18.1. The van der Waals surface area contributed by atoms with Crippen LogP contribution in [0.4, 0.5) is 0 Å². The smallest absolute Gasteiger partial charge is 0.160 e. The quantitative estimate of drug-likeness (QED) is 0.292. The van der Waals surface area contributed by atoms with Crippen LogP contribution in [0.1, 0.15) is 53.1 Å². The van der Waals surface area contributed by atoms with Gasteiger partial charge in [0.05, 0.1) is 6.61 Å². The molecule has 0 spiro atoms. The molecule has 0 heterocycles. The van der Waals surface area contributed by atoms with Gasteiger partial charge in [0.15, 0.2) is 8.80 Å². The molecule has 0 aromatic heterocycles. The zero-order chi connectivity index (χ0) is 21.8. The summed E-state index contributed by atoms with van der Waals surface area (Å²) >= 11 is 0. The van der Waals surface area contributed by atoms with Gasteiger partial charge in [-0.05, 0) is 69.6 Å². The fraction of sp³-hybridized carbons (Fsp3) is 0.357. The second-order valence-corrected chi connectivity index (χ2v) is 10.9. The number of unbranched alkanes of at least 4 members (excludes halogenated alkanes) is 1. The lowest BCUT2D eigenvalue weighted by atomic mass is 10.1. The third-order valence-electron chi connectivity index (χ3n) is 5.77. The van der Waals surface area contributed by atoms with E-state index >= 15 is 0 Å². The summed E-state index contributed by atoms with van der Waals surface area (Å²) in [6.45, 7) is 16.5. The molecule has 3 aromatic carbocycles. The van der Waals surface area contributed by atoms with Gasteiger partial charge in [-0.25, -0.2) is 0 Å². The van der Waals surface area contributed by atoms with Crippen molar-refractivity contribution in [2.75, 3.05) is 6.61 Å². The van der Waals surface area contributed by atoms with Gasteiger partial charge in [-0.15, -0.1) is 0 Å². The van der Waals surface area contributed by atoms with Gasteiger partial charge < -0.3 is 4.74 Å². The van der Waals surface area contributed by atoms with Gasteiger partial charge in [0.2, 0.25) is 0 Å². The summed E-state index contributed by atoms with van der Waals surface area (Å²) in [5.74, 6) is 1.05. The fourth-order valence-corrected chi connectivity index (χ4v) is 7.99. The molecule has 0 N–H and O–H groups in total. The average molecular weight is 416 g/mol. The van der Waals surface area contributed by atoms with Crippen molar-refractivity contribution in [3.63, 3.8) is 0 Å². The molecule has 3 rings (SSSR count). The number of hydrogen-bond donors (Lipinski definition) is 0. The Morgan fingerprint density at radius 3 is 1.63 bits per heavy atom. The number of ether oxygens (including phenoxy) is 1. The molecule has 0 amide bonds. The zero-order valence-electron chi connectivity index (χ0n) is 19.6. The van der Waals surface area contributed by atoms with Gasteiger partial charge in [-0.1, -0.05) is 89.2 Å². The van der Waals surface area contributed by atoms with Crippen LogP contribution in [0, 0.1) is 41.5 Å². The van der Waals surface area contributed by atoms with Crippen LogP contribution in [0.2, 0.25) is 0 Å². The molecule has 30 heavy (non-hydrogen) atoms. The lowest BCUT2D eigenvalue weighted by molar-refractivity contribution is 0.312. The highest BCUT2D eigenvalue weighted by Crippen LogP contribution is 2.16. The van der Waals surface area contributed by atoms with Crippen molar-refractivity contribution in [3.05, 3.63) is 81.9 Å². The Kier molecular flexibility index (Phi) is 7.20. The Morgan fingerprint density at radius 1 is 0.700 bits per heavy atom. The van der Waals surface area contributed by atoms with E-state index in [9.17, 15) is 0 Å². The van der Waals surface area contributed by atoms with Crippen molar-refractivity contribution in [3.8, 4) is 5.75 Å². The molecule has 157 valence electrons. The second-order valence-electron chi connectivity index (χ2n) is 8.62. The maximum atomic E-state index is 6.33. The second kappa shape index (κ2) is 9.66. The average Bonchev–Trinajstić information content (AvgIpc) is 2.66. The molecule has 2 heteroatoms. The van der Waals surface area contributed by atoms with Gasteiger partial charge >= 0.3 is 0 Å². The summed E-state index contributed by atoms with van der Waals surface area (Å²) in [5.41, 5.74) is 8.24. The van der Waals surface area contributed by atoms with E-state index in [2.05, 4.69) is 97.0 Å². The molecule has 1 radical (unpaired) electrons. The molecule has 0 aliphatic rings. The van der Waals surface area contributed by atoms with Crippen LogP contribution >= 0.6 is 0 Å². The molecular formula is C28H35OSi. The van der Waals surface area contributed by atoms with Crippen LogP contribution in [0.15, 0.2) is 48.5 Å². The van der Waals surface area contributed by atoms with E-state index in [1.165, 1.54) is 48.9 Å². The van der Waals surface area contributed by atoms with E-state index in [1.807, 2.05) is 0 Å². The SMILES string of the molecule is CCCCOc1ccccc1[Si](c1c(C)cc(C)cc1C)c1c(C)cc(C)cc1C. The Labute approximate surface area is 184 Å². The number of hydrogen-bond acceptors (Lipinski definition) is 1. The first kappa shape index (κ1) is 22.4. The molecule has 0 saturated heterocycles. The Morgan fingerprint density at radius 2 is 1.17 bits per heavy atom. The van der Waals surface area contributed by atoms with Crippen molar-refractivity contribution in [1.29, 1.82) is 0 Å². The van der Waals surface area contributed by atoms with Crippen LogP contribution < -0.4 is 20.3 Å². The first-order chi connectivity index (χ1) is 14.3. The van der Waals surface area contributed by atoms with Gasteiger partial charge in [-0.2, -0.15) is 0 Å². The van der Waals surface area contributed by atoms with Crippen LogP contribution in [0.5, 0.6) is 5.75 Å². The molecule has 1 nitrogen and oxygen atoms in total. The lowest BCUT2D eigenvalue weighted by Crippen LogP contribution is -2.56. The number of para-hydroxylation sites is 1. The van der Waals surface area contributed by atoms with Gasteiger partial charge in [-0.3, -0.25) is 0 Å². The topological polar surface area (TPSA) is 9.23 Å². The van der Waals surface area contributed by atoms with E-state index in [1.54, 1.807) is 0 Å². The predicted molar refractivity (Wildman–Crippen MR) is 133 cm³/mol. The Hall–Kier alpha value is -2.32. The number of rotatable bonds is 7. The molecular weight excluding hydrogens is 380 g/mol. The minimum Gasteiger partial charge on any atom is -0.494 e. The normalized spacial score (nSPS) is 11.2. The van der Waals surface area contributed by atoms with Crippen molar-refractivity contribution in [1.82, 2.24) is 0 Å². The fourth-order valence-electron chi connectivity index (χ4n) is 4.67. The molecule has 3 aromatic rings. The van der Waals surface area contributed by atoms with Crippen LogP contribution in [-0.2, 0) is 0 Å². The summed E-state index contributed by atoms with van der Waals surface area (Å²) in [7, 11) is -1.22. The Bertz CT molecular complexity index is 931. The van der Waals surface area contributed by atoms with E-state index in [4.69, 9.17) is 4.74 Å². The summed E-state index contributed by atoms with van der Waals surface area (Å²) in [5, 5.41) is 4.38. The predicted octanol–water partition coefficient (Wildman–Crippen LogP) is 5.23. The number of aryl methyl sites for hydroxylation is 6. The van der Waals surface area contributed by atoms with Crippen molar-refractivity contribution >= 4 is 24.4 Å². The van der Waals surface area contributed by atoms with Crippen molar-refractivity contribution in [2.24, 2.45) is 0 Å². The monoisotopic (exact) mass is 415 g/mol. The maximum absolute atomic E-state index is 6.33. The number of benzene rings is 3. The zero-order valence-corrected chi connectivity index (χ0v) is 20.6. The Balaban J connectivity index is 2.29. The molecule has 0 fully saturated rings. The third-order valence-corrected chi connectivity index (χ3v) is 9.30. The van der Waals surface area contributed by atoms with E-state index in [0.717, 1.165) is 25.2 Å². The first-order valence-electron chi connectivity index (χ1n) is 11.1. The highest BCUT2D eigenvalue weighted by molar-refractivity contribution is 6.97. The third kappa shape index (κ3) is 4.70. The van der Waals surface area contributed by atoms with E-state index in [-0.39, 0.29) is 0 Å². The minimum atomic E-state index is -1.22. The first-order valence-corrected chi connectivity index (χ1v) is 12.6. The van der Waals surface area contributed by atoms with Gasteiger partial charge in [0.25, 0.3) is 0 Å². The minimum absolute atomic E-state index is 0.778. The van der Waals surface area contributed by atoms with Gasteiger partial charge in [0, 0.05) is 0 Å². The molecule has 0 aliphatic carbocycles. The molecule has 0 unspecified atom stereocenters. The molecule has 0 atom stereocenters. The summed E-state index contributed by atoms with van der Waals surface area (Å²) in [6.07, 6.45) is 2.23. The highest BCUT2D eigenvalue weighted by atomic mass is 28.3.